The van der Waals surface area contributed by atoms with Gasteiger partial charge in [-0.2, -0.15) is 0 Å². The Bertz CT molecular complexity index is 652. The van der Waals surface area contributed by atoms with E-state index in [-0.39, 0.29) is 17.6 Å². The van der Waals surface area contributed by atoms with Crippen LogP contribution in [0.25, 0.3) is 0 Å². The van der Waals surface area contributed by atoms with E-state index in [1.165, 1.54) is 38.5 Å². The molecule has 0 amide bonds. The monoisotopic (exact) mass is 464 g/mol. The summed E-state index contributed by atoms with van der Waals surface area (Å²) in [5, 5.41) is 22.1. The number of hydrogen-bond donors (Lipinski definition) is 2. The third-order valence-electron chi connectivity index (χ3n) is 11.2. The number of methoxy groups -OCH3 is 1. The summed E-state index contributed by atoms with van der Waals surface area (Å²) in [6.45, 7) is 12.2. The summed E-state index contributed by atoms with van der Waals surface area (Å²) >= 11 is 0. The van der Waals surface area contributed by atoms with Crippen molar-refractivity contribution in [2.45, 2.75) is 117 Å². The quantitative estimate of drug-likeness (QED) is 0.430. The number of aliphatic hydroxyl groups is 2. The molecule has 4 fully saturated rings. The van der Waals surface area contributed by atoms with Gasteiger partial charge in [0.25, 0.3) is 0 Å². The lowest BCUT2D eigenvalue weighted by molar-refractivity contribution is -0.161. The van der Waals surface area contributed by atoms with E-state index in [4.69, 9.17) is 9.47 Å². The van der Waals surface area contributed by atoms with Gasteiger partial charge in [-0.25, -0.2) is 0 Å². The van der Waals surface area contributed by atoms with E-state index in [1.54, 1.807) is 7.11 Å². The van der Waals surface area contributed by atoms with Crippen LogP contribution in [0.3, 0.4) is 0 Å². The van der Waals surface area contributed by atoms with Crippen molar-refractivity contribution in [2.75, 3.05) is 13.9 Å². The van der Waals surface area contributed by atoms with Crippen LogP contribution < -0.4 is 0 Å². The van der Waals surface area contributed by atoms with E-state index in [0.29, 0.717) is 47.9 Å². The molecule has 0 heterocycles. The summed E-state index contributed by atoms with van der Waals surface area (Å²) in [6.07, 6.45) is 11.4. The van der Waals surface area contributed by atoms with Crippen LogP contribution in [0.5, 0.6) is 0 Å². The first-order valence-electron chi connectivity index (χ1n) is 14.1. The fraction of sp³-hybridized carbons (Fsp3) is 1.00. The van der Waals surface area contributed by atoms with Gasteiger partial charge in [-0.1, -0.05) is 34.6 Å². The summed E-state index contributed by atoms with van der Waals surface area (Å²) in [5.74, 6) is 4.13. The average molecular weight is 465 g/mol. The number of rotatable bonds is 8. The van der Waals surface area contributed by atoms with Gasteiger partial charge in [0.05, 0.1) is 18.3 Å². The molecule has 0 aliphatic heterocycles. The van der Waals surface area contributed by atoms with Crippen LogP contribution >= 0.6 is 0 Å². The number of fused-ring (bicyclic) bond motifs is 5. The molecule has 4 saturated carbocycles. The van der Waals surface area contributed by atoms with Gasteiger partial charge in [-0.3, -0.25) is 0 Å². The second-order valence-electron chi connectivity index (χ2n) is 13.5. The molecule has 0 radical (unpaired) electrons. The molecule has 0 saturated heterocycles. The molecule has 11 atom stereocenters. The predicted octanol–water partition coefficient (Wildman–Crippen LogP) is 6.04. The highest BCUT2D eigenvalue weighted by Crippen LogP contribution is 2.68. The Morgan fingerprint density at radius 1 is 0.939 bits per heavy atom. The summed E-state index contributed by atoms with van der Waals surface area (Å²) < 4.78 is 11.1. The molecular weight excluding hydrogens is 412 g/mol. The Labute approximate surface area is 203 Å². The predicted molar refractivity (Wildman–Crippen MR) is 133 cm³/mol. The lowest BCUT2D eigenvalue weighted by atomic mass is 9.44. The maximum atomic E-state index is 11.5. The summed E-state index contributed by atoms with van der Waals surface area (Å²) in [6, 6.07) is 0. The smallest absolute Gasteiger partial charge is 0.146 e. The molecule has 33 heavy (non-hydrogen) atoms. The Morgan fingerprint density at radius 3 is 2.36 bits per heavy atom. The number of ether oxygens (including phenoxy) is 2. The SMILES string of the molecule is COCO[C@H]1CC[C@@]2(C)[C@@H](CC[C@H]3[C@@H]4[C@H](O)C[C@H]([C@H](C)CC(O)CC(C)C)[C@@]4(C)CC[C@@H]32)C1. The molecular formula is C29H52O4. The van der Waals surface area contributed by atoms with Crippen LogP contribution in [0.15, 0.2) is 0 Å². The minimum Gasteiger partial charge on any atom is -0.393 e. The van der Waals surface area contributed by atoms with Crippen molar-refractivity contribution in [3.05, 3.63) is 0 Å². The summed E-state index contributed by atoms with van der Waals surface area (Å²) in [4.78, 5) is 0. The molecule has 2 N–H and O–H groups in total. The average Bonchev–Trinajstić information content (AvgIpc) is 3.02. The minimum absolute atomic E-state index is 0.168. The van der Waals surface area contributed by atoms with Gasteiger partial charge < -0.3 is 19.7 Å². The lowest BCUT2D eigenvalue weighted by Crippen LogP contribution is -2.55. The maximum Gasteiger partial charge on any atom is 0.146 e. The van der Waals surface area contributed by atoms with Crippen LogP contribution in [0, 0.1) is 52.3 Å². The molecule has 4 aliphatic carbocycles. The number of hydrogen-bond acceptors (Lipinski definition) is 4. The van der Waals surface area contributed by atoms with Crippen LogP contribution in [-0.4, -0.2) is 42.4 Å². The Morgan fingerprint density at radius 2 is 1.67 bits per heavy atom. The third kappa shape index (κ3) is 4.80. The van der Waals surface area contributed by atoms with Gasteiger partial charge in [-0.15, -0.1) is 0 Å². The second-order valence-corrected chi connectivity index (χ2v) is 13.5. The fourth-order valence-electron chi connectivity index (χ4n) is 9.76. The van der Waals surface area contributed by atoms with Gasteiger partial charge >= 0.3 is 0 Å². The standard InChI is InChI=1S/C29H52O4/c1-18(2)13-21(30)14-19(3)25-16-26(31)27-23-8-7-20-15-22(33-17-32-6)9-11-28(20,4)24(23)10-12-29(25,27)5/h18-27,30-31H,7-17H2,1-6H3/t19-,20+,21?,22+,23-,24+,25-,26-,27-,28+,29-/m1/s1. The van der Waals surface area contributed by atoms with Crippen molar-refractivity contribution in [3.63, 3.8) is 0 Å². The largest absolute Gasteiger partial charge is 0.393 e. The Hall–Kier alpha value is -0.160. The molecule has 192 valence electrons. The van der Waals surface area contributed by atoms with Gasteiger partial charge in [0.1, 0.15) is 6.79 Å². The van der Waals surface area contributed by atoms with Crippen molar-refractivity contribution >= 4 is 0 Å². The van der Waals surface area contributed by atoms with Crippen LogP contribution in [0.2, 0.25) is 0 Å². The number of aliphatic hydroxyl groups excluding tert-OH is 2. The molecule has 0 aromatic carbocycles. The van der Waals surface area contributed by atoms with Gasteiger partial charge in [-0.05, 0) is 116 Å². The second kappa shape index (κ2) is 10.1. The maximum absolute atomic E-state index is 11.5. The molecule has 4 heteroatoms. The first kappa shape index (κ1) is 25.9. The first-order valence-corrected chi connectivity index (χ1v) is 14.1. The highest BCUT2D eigenvalue weighted by atomic mass is 16.7. The van der Waals surface area contributed by atoms with E-state index < -0.39 is 0 Å². The van der Waals surface area contributed by atoms with E-state index in [2.05, 4.69) is 34.6 Å². The molecule has 4 aliphatic rings. The molecule has 0 aromatic heterocycles. The lowest BCUT2D eigenvalue weighted by Gasteiger charge is -2.61. The topological polar surface area (TPSA) is 58.9 Å². The molecule has 4 nitrogen and oxygen atoms in total. The van der Waals surface area contributed by atoms with Crippen LogP contribution in [0.4, 0.5) is 0 Å². The van der Waals surface area contributed by atoms with Gasteiger partial charge in [0.15, 0.2) is 0 Å². The third-order valence-corrected chi connectivity index (χ3v) is 11.2. The molecule has 1 unspecified atom stereocenters. The summed E-state index contributed by atoms with van der Waals surface area (Å²) in [5.41, 5.74) is 0.619. The fourth-order valence-corrected chi connectivity index (χ4v) is 9.76. The zero-order valence-electron chi connectivity index (χ0n) is 22.3. The Kier molecular flexibility index (Phi) is 7.91. The molecule has 0 bridgehead atoms. The highest BCUT2D eigenvalue weighted by molar-refractivity contribution is 5.12. The van der Waals surface area contributed by atoms with E-state index in [9.17, 15) is 10.2 Å². The van der Waals surface area contributed by atoms with Crippen LogP contribution in [0.1, 0.15) is 98.8 Å². The van der Waals surface area contributed by atoms with E-state index >= 15 is 0 Å². The van der Waals surface area contributed by atoms with E-state index in [0.717, 1.165) is 37.5 Å². The molecule has 4 rings (SSSR count). The van der Waals surface area contributed by atoms with Gasteiger partial charge in [0.2, 0.25) is 0 Å². The van der Waals surface area contributed by atoms with Gasteiger partial charge in [0, 0.05) is 7.11 Å². The normalized spacial score (nSPS) is 47.0. The van der Waals surface area contributed by atoms with Crippen molar-refractivity contribution in [3.8, 4) is 0 Å². The zero-order valence-corrected chi connectivity index (χ0v) is 22.3. The highest BCUT2D eigenvalue weighted by Gasteiger charge is 2.63. The van der Waals surface area contributed by atoms with Crippen molar-refractivity contribution in [1.29, 1.82) is 0 Å². The van der Waals surface area contributed by atoms with Crippen LogP contribution in [-0.2, 0) is 9.47 Å². The van der Waals surface area contributed by atoms with Crippen molar-refractivity contribution in [1.82, 2.24) is 0 Å². The zero-order chi connectivity index (χ0) is 24.0. The summed E-state index contributed by atoms with van der Waals surface area (Å²) in [7, 11) is 1.71. The van der Waals surface area contributed by atoms with Crippen molar-refractivity contribution < 1.29 is 19.7 Å². The van der Waals surface area contributed by atoms with E-state index in [1.807, 2.05) is 0 Å². The molecule has 0 aromatic rings. The molecule has 0 spiro atoms. The van der Waals surface area contributed by atoms with Crippen molar-refractivity contribution in [2.24, 2.45) is 52.3 Å². The minimum atomic E-state index is -0.207. The first-order chi connectivity index (χ1) is 15.6. The Balaban J connectivity index is 1.47.